The van der Waals surface area contributed by atoms with Gasteiger partial charge >= 0.3 is 0 Å². The zero-order chi connectivity index (χ0) is 14.9. The summed E-state index contributed by atoms with van der Waals surface area (Å²) in [5, 5.41) is 10.6. The van der Waals surface area contributed by atoms with Crippen LogP contribution in [0.15, 0.2) is 18.3 Å². The van der Waals surface area contributed by atoms with Crippen LogP contribution in [0.2, 0.25) is 0 Å². The molecule has 108 valence electrons. The molecular formula is C14H20N4O2. The third kappa shape index (κ3) is 2.64. The van der Waals surface area contributed by atoms with E-state index in [0.717, 1.165) is 0 Å². The quantitative estimate of drug-likeness (QED) is 0.883. The molecule has 0 saturated carbocycles. The van der Waals surface area contributed by atoms with E-state index in [-0.39, 0.29) is 17.7 Å². The van der Waals surface area contributed by atoms with Crippen molar-refractivity contribution < 1.29 is 9.59 Å². The minimum Gasteiger partial charge on any atom is -0.340 e. The Morgan fingerprint density at radius 3 is 2.65 bits per heavy atom. The van der Waals surface area contributed by atoms with Gasteiger partial charge < -0.3 is 10.2 Å². The highest BCUT2D eigenvalue weighted by Crippen LogP contribution is 2.24. The van der Waals surface area contributed by atoms with Crippen molar-refractivity contribution in [2.24, 2.45) is 5.92 Å². The van der Waals surface area contributed by atoms with Gasteiger partial charge in [0, 0.05) is 6.20 Å². The van der Waals surface area contributed by atoms with Crippen molar-refractivity contribution in [2.75, 3.05) is 0 Å². The van der Waals surface area contributed by atoms with Crippen molar-refractivity contribution in [1.29, 1.82) is 0 Å². The lowest BCUT2D eigenvalue weighted by Crippen LogP contribution is -2.68. The Kier molecular flexibility index (Phi) is 3.74. The molecule has 20 heavy (non-hydrogen) atoms. The monoisotopic (exact) mass is 276 g/mol. The Hall–Kier alpha value is -1.98. The van der Waals surface area contributed by atoms with E-state index in [9.17, 15) is 9.59 Å². The van der Waals surface area contributed by atoms with Crippen molar-refractivity contribution in [1.82, 2.24) is 20.4 Å². The molecule has 1 saturated heterocycles. The molecule has 0 bridgehead atoms. The van der Waals surface area contributed by atoms with E-state index in [4.69, 9.17) is 0 Å². The number of rotatable bonds is 3. The predicted molar refractivity (Wildman–Crippen MR) is 73.4 cm³/mol. The van der Waals surface area contributed by atoms with Crippen LogP contribution >= 0.6 is 0 Å². The number of carbonyl (C=O) groups is 2. The second kappa shape index (κ2) is 5.19. The van der Waals surface area contributed by atoms with Gasteiger partial charge in [-0.2, -0.15) is 10.2 Å². The summed E-state index contributed by atoms with van der Waals surface area (Å²) in [6.45, 7) is 7.59. The van der Waals surface area contributed by atoms with Gasteiger partial charge in [-0.25, -0.2) is 0 Å². The average molecular weight is 276 g/mol. The van der Waals surface area contributed by atoms with Gasteiger partial charge in [-0.3, -0.25) is 9.59 Å². The molecule has 1 unspecified atom stereocenters. The molecule has 2 amide bonds. The van der Waals surface area contributed by atoms with Crippen molar-refractivity contribution >= 4 is 11.8 Å². The Balaban J connectivity index is 2.33. The van der Waals surface area contributed by atoms with Crippen LogP contribution in [0.5, 0.6) is 0 Å². The normalized spacial score (nSPS) is 22.1. The SMILES string of the molecule is CC(C)C1C(=O)NC(C)(C)C(=O)N1Cc1cccnn1. The van der Waals surface area contributed by atoms with Gasteiger partial charge in [0.25, 0.3) is 0 Å². The fourth-order valence-electron chi connectivity index (χ4n) is 2.49. The maximum atomic E-state index is 12.6. The van der Waals surface area contributed by atoms with Crippen molar-refractivity contribution in [2.45, 2.75) is 45.8 Å². The van der Waals surface area contributed by atoms with Gasteiger partial charge in [-0.1, -0.05) is 13.8 Å². The molecule has 6 nitrogen and oxygen atoms in total. The lowest BCUT2D eigenvalue weighted by molar-refractivity contribution is -0.156. The van der Waals surface area contributed by atoms with Crippen LogP contribution < -0.4 is 5.32 Å². The van der Waals surface area contributed by atoms with Crippen LogP contribution in [-0.2, 0) is 16.1 Å². The Morgan fingerprint density at radius 1 is 1.40 bits per heavy atom. The predicted octanol–water partition coefficient (Wildman–Crippen LogP) is 0.738. The third-order valence-electron chi connectivity index (χ3n) is 3.43. The number of carbonyl (C=O) groups excluding carboxylic acids is 2. The van der Waals surface area contributed by atoms with E-state index in [1.54, 1.807) is 37.1 Å². The number of nitrogens with one attached hydrogen (secondary N) is 1. The first kappa shape index (κ1) is 14.4. The number of amides is 2. The third-order valence-corrected chi connectivity index (χ3v) is 3.43. The average Bonchev–Trinajstić information content (AvgIpc) is 2.36. The smallest absolute Gasteiger partial charge is 0.248 e. The molecule has 1 aliphatic heterocycles. The van der Waals surface area contributed by atoms with Crippen LogP contribution in [0, 0.1) is 5.92 Å². The lowest BCUT2D eigenvalue weighted by Gasteiger charge is -2.44. The van der Waals surface area contributed by atoms with Crippen molar-refractivity contribution in [3.8, 4) is 0 Å². The van der Waals surface area contributed by atoms with Gasteiger partial charge in [0.1, 0.15) is 11.6 Å². The molecule has 0 aromatic carbocycles. The lowest BCUT2D eigenvalue weighted by atomic mass is 9.91. The number of hydrogen-bond donors (Lipinski definition) is 1. The molecule has 1 aromatic rings. The van der Waals surface area contributed by atoms with Gasteiger partial charge in [-0.05, 0) is 31.9 Å². The topological polar surface area (TPSA) is 75.2 Å². The van der Waals surface area contributed by atoms with E-state index in [0.29, 0.717) is 12.2 Å². The van der Waals surface area contributed by atoms with E-state index < -0.39 is 11.6 Å². The summed E-state index contributed by atoms with van der Waals surface area (Å²) in [5.41, 5.74) is -0.206. The highest BCUT2D eigenvalue weighted by atomic mass is 16.2. The maximum absolute atomic E-state index is 12.6. The zero-order valence-electron chi connectivity index (χ0n) is 12.3. The molecule has 2 rings (SSSR count). The van der Waals surface area contributed by atoms with Crippen LogP contribution in [0.3, 0.4) is 0 Å². The van der Waals surface area contributed by atoms with E-state index in [1.165, 1.54) is 0 Å². The molecule has 0 aliphatic carbocycles. The number of nitrogens with zero attached hydrogens (tertiary/aromatic N) is 3. The number of hydrogen-bond acceptors (Lipinski definition) is 4. The summed E-state index contributed by atoms with van der Waals surface area (Å²) in [6.07, 6.45) is 1.58. The van der Waals surface area contributed by atoms with E-state index in [2.05, 4.69) is 15.5 Å². The molecule has 0 radical (unpaired) electrons. The molecule has 1 aromatic heterocycles. The minimum atomic E-state index is -0.884. The number of piperazine rings is 1. The molecule has 0 spiro atoms. The first-order valence-electron chi connectivity index (χ1n) is 6.72. The summed E-state index contributed by atoms with van der Waals surface area (Å²) >= 11 is 0. The Bertz CT molecular complexity index is 513. The van der Waals surface area contributed by atoms with Crippen LogP contribution in [-0.4, -0.2) is 38.5 Å². The second-order valence-electron chi connectivity index (χ2n) is 5.95. The van der Waals surface area contributed by atoms with Crippen molar-refractivity contribution in [3.05, 3.63) is 24.0 Å². The molecular weight excluding hydrogens is 256 g/mol. The molecule has 1 atom stereocenters. The summed E-state index contributed by atoms with van der Waals surface area (Å²) < 4.78 is 0. The Morgan fingerprint density at radius 2 is 2.10 bits per heavy atom. The highest BCUT2D eigenvalue weighted by molar-refractivity contribution is 5.99. The number of aromatic nitrogens is 2. The van der Waals surface area contributed by atoms with Gasteiger partial charge in [0.2, 0.25) is 11.8 Å². The fourth-order valence-corrected chi connectivity index (χ4v) is 2.49. The van der Waals surface area contributed by atoms with E-state index >= 15 is 0 Å². The molecule has 2 heterocycles. The zero-order valence-corrected chi connectivity index (χ0v) is 12.3. The van der Waals surface area contributed by atoms with Gasteiger partial charge in [0.05, 0.1) is 12.2 Å². The first-order valence-corrected chi connectivity index (χ1v) is 6.72. The molecule has 1 fully saturated rings. The van der Waals surface area contributed by atoms with Crippen LogP contribution in [0.4, 0.5) is 0 Å². The summed E-state index contributed by atoms with van der Waals surface area (Å²) in [6, 6.07) is 3.10. The summed E-state index contributed by atoms with van der Waals surface area (Å²) in [5.74, 6) is -0.179. The second-order valence-corrected chi connectivity index (χ2v) is 5.95. The van der Waals surface area contributed by atoms with Crippen molar-refractivity contribution in [3.63, 3.8) is 0 Å². The summed E-state index contributed by atoms with van der Waals surface area (Å²) in [7, 11) is 0. The molecule has 1 N–H and O–H groups in total. The largest absolute Gasteiger partial charge is 0.340 e. The van der Waals surface area contributed by atoms with Gasteiger partial charge in [-0.15, -0.1) is 0 Å². The fraction of sp³-hybridized carbons (Fsp3) is 0.571. The standard InChI is InChI=1S/C14H20N4O2/c1-9(2)11-12(19)16-14(3,4)13(20)18(11)8-10-6-5-7-15-17-10/h5-7,9,11H,8H2,1-4H3,(H,16,19). The van der Waals surface area contributed by atoms with Crippen LogP contribution in [0.1, 0.15) is 33.4 Å². The first-order chi connectivity index (χ1) is 9.33. The van der Waals surface area contributed by atoms with E-state index in [1.807, 2.05) is 13.8 Å². The molecule has 6 heteroatoms. The molecule has 1 aliphatic rings. The summed E-state index contributed by atoms with van der Waals surface area (Å²) in [4.78, 5) is 26.4. The van der Waals surface area contributed by atoms with Gasteiger partial charge in [0.15, 0.2) is 0 Å². The highest BCUT2D eigenvalue weighted by Gasteiger charge is 2.46. The maximum Gasteiger partial charge on any atom is 0.248 e. The van der Waals surface area contributed by atoms with Crippen LogP contribution in [0.25, 0.3) is 0 Å². The Labute approximate surface area is 118 Å². The minimum absolute atomic E-state index is 0.0340.